The van der Waals surface area contributed by atoms with Crippen molar-refractivity contribution in [2.75, 3.05) is 36.2 Å². The average Bonchev–Trinajstić information content (AvgIpc) is 2.63. The first-order valence-corrected chi connectivity index (χ1v) is 8.22. The van der Waals surface area contributed by atoms with E-state index in [-0.39, 0.29) is 0 Å². The fourth-order valence-electron chi connectivity index (χ4n) is 2.39. The largest absolute Gasteiger partial charge is 0.378 e. The number of rotatable bonds is 7. The Morgan fingerprint density at radius 1 is 0.960 bits per heavy atom. The molecule has 0 amide bonds. The van der Waals surface area contributed by atoms with Crippen LogP contribution < -0.4 is 15.5 Å². The summed E-state index contributed by atoms with van der Waals surface area (Å²) >= 11 is 0. The van der Waals surface area contributed by atoms with Crippen molar-refractivity contribution in [1.82, 2.24) is 15.2 Å². The molecule has 0 spiro atoms. The Bertz CT molecular complexity index is 787. The van der Waals surface area contributed by atoms with E-state index in [1.54, 1.807) is 6.20 Å². The van der Waals surface area contributed by atoms with Crippen molar-refractivity contribution in [2.45, 2.75) is 6.42 Å². The lowest BCUT2D eigenvalue weighted by atomic mass is 10.1. The van der Waals surface area contributed by atoms with Crippen LogP contribution >= 0.6 is 0 Å². The third-order valence-corrected chi connectivity index (χ3v) is 3.76. The van der Waals surface area contributed by atoms with Gasteiger partial charge in [0.25, 0.3) is 0 Å². The SMILES string of the molecule is CN(C)c1ccc(Nc2nncc(NCCc3ccccc3)n2)cc1. The number of benzene rings is 2. The summed E-state index contributed by atoms with van der Waals surface area (Å²) in [4.78, 5) is 6.51. The standard InChI is InChI=1S/C19H22N6/c1-25(2)17-10-8-16(9-11-17)22-19-23-18(14-21-24-19)20-13-12-15-6-4-3-5-7-15/h3-11,14H,12-13H2,1-2H3,(H2,20,22,23,24). The highest BCUT2D eigenvalue weighted by atomic mass is 15.3. The molecule has 6 nitrogen and oxygen atoms in total. The minimum Gasteiger partial charge on any atom is -0.378 e. The van der Waals surface area contributed by atoms with Crippen molar-refractivity contribution in [2.24, 2.45) is 0 Å². The predicted molar refractivity (Wildman–Crippen MR) is 103 cm³/mol. The fraction of sp³-hybridized carbons (Fsp3) is 0.211. The summed E-state index contributed by atoms with van der Waals surface area (Å²) in [5, 5.41) is 14.5. The minimum absolute atomic E-state index is 0.474. The van der Waals surface area contributed by atoms with Gasteiger partial charge in [-0.25, -0.2) is 0 Å². The second-order valence-electron chi connectivity index (χ2n) is 5.89. The molecular formula is C19H22N6. The average molecular weight is 334 g/mol. The van der Waals surface area contributed by atoms with Crippen LogP contribution in [0, 0.1) is 0 Å². The molecule has 128 valence electrons. The van der Waals surface area contributed by atoms with Gasteiger partial charge in [-0.3, -0.25) is 0 Å². The van der Waals surface area contributed by atoms with E-state index in [1.807, 2.05) is 56.6 Å². The van der Waals surface area contributed by atoms with E-state index in [1.165, 1.54) is 5.56 Å². The molecule has 0 unspecified atom stereocenters. The number of nitrogens with one attached hydrogen (secondary N) is 2. The molecule has 0 radical (unpaired) electrons. The molecule has 0 saturated carbocycles. The molecule has 0 aliphatic carbocycles. The Morgan fingerprint density at radius 2 is 1.72 bits per heavy atom. The maximum atomic E-state index is 4.45. The van der Waals surface area contributed by atoms with E-state index >= 15 is 0 Å². The smallest absolute Gasteiger partial charge is 0.249 e. The first-order valence-electron chi connectivity index (χ1n) is 8.22. The number of anilines is 4. The van der Waals surface area contributed by atoms with Crippen LogP contribution in [-0.4, -0.2) is 35.8 Å². The van der Waals surface area contributed by atoms with Crippen LogP contribution in [0.3, 0.4) is 0 Å². The van der Waals surface area contributed by atoms with E-state index in [9.17, 15) is 0 Å². The van der Waals surface area contributed by atoms with E-state index in [0.29, 0.717) is 11.8 Å². The van der Waals surface area contributed by atoms with Gasteiger partial charge in [0.2, 0.25) is 5.95 Å². The van der Waals surface area contributed by atoms with Gasteiger partial charge in [0, 0.05) is 32.0 Å². The molecule has 1 heterocycles. The lowest BCUT2D eigenvalue weighted by molar-refractivity contribution is 0.950. The van der Waals surface area contributed by atoms with Crippen LogP contribution in [0.25, 0.3) is 0 Å². The van der Waals surface area contributed by atoms with Gasteiger partial charge < -0.3 is 15.5 Å². The highest BCUT2D eigenvalue weighted by Crippen LogP contribution is 2.18. The zero-order valence-electron chi connectivity index (χ0n) is 14.5. The molecule has 2 N–H and O–H groups in total. The molecule has 0 bridgehead atoms. The molecule has 6 heteroatoms. The Hall–Kier alpha value is -3.15. The number of hydrogen-bond donors (Lipinski definition) is 2. The highest BCUT2D eigenvalue weighted by Gasteiger charge is 2.02. The van der Waals surface area contributed by atoms with Crippen LogP contribution in [0.4, 0.5) is 23.1 Å². The van der Waals surface area contributed by atoms with Crippen molar-refractivity contribution < 1.29 is 0 Å². The summed E-state index contributed by atoms with van der Waals surface area (Å²) in [5.74, 6) is 1.18. The molecule has 3 rings (SSSR count). The van der Waals surface area contributed by atoms with Gasteiger partial charge in [0.15, 0.2) is 5.82 Å². The third kappa shape index (κ3) is 4.91. The first kappa shape index (κ1) is 16.7. The van der Waals surface area contributed by atoms with Crippen molar-refractivity contribution in [1.29, 1.82) is 0 Å². The Kier molecular flexibility index (Phi) is 5.41. The topological polar surface area (TPSA) is 66.0 Å². The maximum absolute atomic E-state index is 4.45. The van der Waals surface area contributed by atoms with Crippen molar-refractivity contribution in [3.8, 4) is 0 Å². The summed E-state index contributed by atoms with van der Waals surface area (Å²) in [7, 11) is 4.03. The van der Waals surface area contributed by atoms with Gasteiger partial charge in [-0.1, -0.05) is 30.3 Å². The van der Waals surface area contributed by atoms with Gasteiger partial charge in [0.05, 0.1) is 6.20 Å². The molecule has 0 saturated heterocycles. The van der Waals surface area contributed by atoms with Crippen molar-refractivity contribution in [3.05, 3.63) is 66.4 Å². The summed E-state index contributed by atoms with van der Waals surface area (Å²) in [6.07, 6.45) is 2.56. The van der Waals surface area contributed by atoms with E-state index in [4.69, 9.17) is 0 Å². The van der Waals surface area contributed by atoms with Crippen LogP contribution in [-0.2, 0) is 6.42 Å². The lowest BCUT2D eigenvalue weighted by Crippen LogP contribution is -2.09. The number of hydrogen-bond acceptors (Lipinski definition) is 6. The normalized spacial score (nSPS) is 10.3. The van der Waals surface area contributed by atoms with Gasteiger partial charge in [-0.05, 0) is 36.2 Å². The van der Waals surface area contributed by atoms with Crippen molar-refractivity contribution in [3.63, 3.8) is 0 Å². The van der Waals surface area contributed by atoms with Gasteiger partial charge in [0.1, 0.15) is 0 Å². The molecule has 1 aromatic heterocycles. The summed E-state index contributed by atoms with van der Waals surface area (Å²) < 4.78 is 0. The third-order valence-electron chi connectivity index (χ3n) is 3.76. The highest BCUT2D eigenvalue weighted by molar-refractivity contribution is 5.59. The molecule has 0 atom stereocenters. The lowest BCUT2D eigenvalue weighted by Gasteiger charge is -2.13. The van der Waals surface area contributed by atoms with Gasteiger partial charge >= 0.3 is 0 Å². The summed E-state index contributed by atoms with van der Waals surface area (Å²) in [6.45, 7) is 0.791. The fourth-order valence-corrected chi connectivity index (χ4v) is 2.39. The van der Waals surface area contributed by atoms with Crippen LogP contribution in [0.1, 0.15) is 5.56 Å². The molecule has 0 aliphatic rings. The molecular weight excluding hydrogens is 312 g/mol. The first-order chi connectivity index (χ1) is 12.2. The quantitative estimate of drug-likeness (QED) is 0.691. The monoisotopic (exact) mass is 334 g/mol. The van der Waals surface area contributed by atoms with Crippen LogP contribution in [0.2, 0.25) is 0 Å². The summed E-state index contributed by atoms with van der Waals surface area (Å²) in [6, 6.07) is 18.4. The van der Waals surface area contributed by atoms with Crippen molar-refractivity contribution >= 4 is 23.1 Å². The maximum Gasteiger partial charge on any atom is 0.249 e. The zero-order valence-corrected chi connectivity index (χ0v) is 14.5. The summed E-state index contributed by atoms with van der Waals surface area (Å²) in [5.41, 5.74) is 3.35. The van der Waals surface area contributed by atoms with Gasteiger partial charge in [-0.15, -0.1) is 5.10 Å². The van der Waals surface area contributed by atoms with Crippen LogP contribution in [0.5, 0.6) is 0 Å². The Morgan fingerprint density at radius 3 is 2.44 bits per heavy atom. The van der Waals surface area contributed by atoms with E-state index < -0.39 is 0 Å². The van der Waals surface area contributed by atoms with Crippen LogP contribution in [0.15, 0.2) is 60.8 Å². The molecule has 25 heavy (non-hydrogen) atoms. The second-order valence-corrected chi connectivity index (χ2v) is 5.89. The predicted octanol–water partition coefficient (Wildman–Crippen LogP) is 3.34. The van der Waals surface area contributed by atoms with E-state index in [2.05, 4.69) is 42.8 Å². The number of aromatic nitrogens is 3. The Balaban J connectivity index is 1.57. The van der Waals surface area contributed by atoms with Gasteiger partial charge in [-0.2, -0.15) is 10.1 Å². The van der Waals surface area contributed by atoms with E-state index in [0.717, 1.165) is 24.3 Å². The zero-order chi connectivity index (χ0) is 17.5. The molecule has 3 aromatic rings. The molecule has 0 fully saturated rings. The minimum atomic E-state index is 0.474. The second kappa shape index (κ2) is 8.10. The molecule has 0 aliphatic heterocycles. The Labute approximate surface area is 147 Å². The number of nitrogens with zero attached hydrogens (tertiary/aromatic N) is 4. The molecule has 2 aromatic carbocycles.